The molecule has 1 saturated heterocycles. The van der Waals surface area contributed by atoms with Crippen LogP contribution in [0.5, 0.6) is 0 Å². The lowest BCUT2D eigenvalue weighted by Crippen LogP contribution is -2.47. The van der Waals surface area contributed by atoms with E-state index in [1.807, 2.05) is 24.4 Å². The number of piperidine rings is 1. The fourth-order valence-electron chi connectivity index (χ4n) is 2.81. The van der Waals surface area contributed by atoms with Crippen molar-refractivity contribution in [1.29, 1.82) is 0 Å². The summed E-state index contributed by atoms with van der Waals surface area (Å²) < 4.78 is 5.42. The molecule has 0 spiro atoms. The van der Waals surface area contributed by atoms with Gasteiger partial charge in [-0.25, -0.2) is 4.98 Å². The van der Waals surface area contributed by atoms with Crippen LogP contribution < -0.4 is 0 Å². The number of rotatable bonds is 4. The molecule has 6 nitrogen and oxygen atoms in total. The lowest BCUT2D eigenvalue weighted by Gasteiger charge is -2.36. The van der Waals surface area contributed by atoms with Crippen LogP contribution in [0.15, 0.2) is 28.2 Å². The van der Waals surface area contributed by atoms with Gasteiger partial charge in [0.25, 0.3) is 0 Å². The number of hydrogen-bond donors (Lipinski definition) is 1. The average Bonchev–Trinajstić information content (AvgIpc) is 3.18. The largest absolute Gasteiger partial charge is 0.481 e. The number of amides is 1. The molecule has 1 amide bonds. The minimum atomic E-state index is -0.837. The molecule has 1 fully saturated rings. The van der Waals surface area contributed by atoms with Gasteiger partial charge in [0.15, 0.2) is 0 Å². The first-order chi connectivity index (χ1) is 11.0. The van der Waals surface area contributed by atoms with Gasteiger partial charge in [0.05, 0.1) is 22.9 Å². The molecule has 2 aromatic heterocycles. The molecule has 1 N–H and O–H groups in total. The van der Waals surface area contributed by atoms with Gasteiger partial charge in [-0.05, 0) is 31.2 Å². The topological polar surface area (TPSA) is 83.6 Å². The van der Waals surface area contributed by atoms with Crippen LogP contribution in [0.4, 0.5) is 0 Å². The average molecular weight is 334 g/mol. The molecule has 0 bridgehead atoms. The van der Waals surface area contributed by atoms with E-state index in [4.69, 9.17) is 9.52 Å². The second-order valence-electron chi connectivity index (χ2n) is 5.81. The van der Waals surface area contributed by atoms with Gasteiger partial charge < -0.3 is 14.4 Å². The molecule has 3 heterocycles. The molecular weight excluding hydrogens is 316 g/mol. The van der Waals surface area contributed by atoms with Crippen molar-refractivity contribution in [2.24, 2.45) is 5.92 Å². The SMILES string of the molecule is CC1CCC(C(=O)O)CN1C(=O)Cc1coc(-c2cccs2)n1. The monoisotopic (exact) mass is 334 g/mol. The van der Waals surface area contributed by atoms with Crippen LogP contribution in [0.25, 0.3) is 10.8 Å². The maximum Gasteiger partial charge on any atom is 0.308 e. The van der Waals surface area contributed by atoms with Gasteiger partial charge >= 0.3 is 5.97 Å². The van der Waals surface area contributed by atoms with Crippen LogP contribution in [0.2, 0.25) is 0 Å². The van der Waals surface area contributed by atoms with E-state index < -0.39 is 11.9 Å². The number of nitrogens with zero attached hydrogens (tertiary/aromatic N) is 2. The Bertz CT molecular complexity index is 695. The van der Waals surface area contributed by atoms with Crippen LogP contribution in [-0.2, 0) is 16.0 Å². The summed E-state index contributed by atoms with van der Waals surface area (Å²) >= 11 is 1.52. The number of aromatic nitrogens is 1. The predicted molar refractivity (Wildman–Crippen MR) is 85.1 cm³/mol. The summed E-state index contributed by atoms with van der Waals surface area (Å²) in [6.07, 6.45) is 2.95. The fourth-order valence-corrected chi connectivity index (χ4v) is 3.47. The van der Waals surface area contributed by atoms with E-state index in [2.05, 4.69) is 4.98 Å². The Morgan fingerprint density at radius 1 is 1.48 bits per heavy atom. The first-order valence-electron chi connectivity index (χ1n) is 7.55. The summed E-state index contributed by atoms with van der Waals surface area (Å²) in [7, 11) is 0. The summed E-state index contributed by atoms with van der Waals surface area (Å²) in [5.41, 5.74) is 0.572. The Kier molecular flexibility index (Phi) is 4.47. The highest BCUT2D eigenvalue weighted by Gasteiger charge is 2.32. The number of oxazole rings is 1. The van der Waals surface area contributed by atoms with Gasteiger partial charge in [-0.2, -0.15) is 0 Å². The first-order valence-corrected chi connectivity index (χ1v) is 8.43. The van der Waals surface area contributed by atoms with Crippen LogP contribution in [0, 0.1) is 5.92 Å². The minimum Gasteiger partial charge on any atom is -0.481 e. The van der Waals surface area contributed by atoms with Gasteiger partial charge in [-0.1, -0.05) is 6.07 Å². The number of carboxylic acid groups (broad SMARTS) is 1. The third-order valence-corrected chi connectivity index (χ3v) is 5.03. The van der Waals surface area contributed by atoms with Gasteiger partial charge in [-0.3, -0.25) is 9.59 Å². The standard InChI is InChI=1S/C16H18N2O4S/c1-10-4-5-11(16(20)21)8-18(10)14(19)7-12-9-22-15(17-12)13-3-2-6-23-13/h2-3,6,9-11H,4-5,7-8H2,1H3,(H,20,21). The van der Waals surface area contributed by atoms with Crippen molar-refractivity contribution in [3.63, 3.8) is 0 Å². The second kappa shape index (κ2) is 6.54. The van der Waals surface area contributed by atoms with E-state index in [-0.39, 0.29) is 24.9 Å². The van der Waals surface area contributed by atoms with Crippen LogP contribution in [0.1, 0.15) is 25.5 Å². The normalized spacial score (nSPS) is 21.3. The van der Waals surface area contributed by atoms with E-state index in [1.165, 1.54) is 17.6 Å². The summed E-state index contributed by atoms with van der Waals surface area (Å²) in [6, 6.07) is 3.88. The zero-order valence-corrected chi connectivity index (χ0v) is 13.6. The highest BCUT2D eigenvalue weighted by atomic mass is 32.1. The molecule has 122 valence electrons. The number of aliphatic carboxylic acids is 1. The Morgan fingerprint density at radius 3 is 3.00 bits per heavy atom. The second-order valence-corrected chi connectivity index (χ2v) is 6.75. The van der Waals surface area contributed by atoms with Crippen molar-refractivity contribution in [2.75, 3.05) is 6.54 Å². The Hall–Kier alpha value is -2.15. The smallest absolute Gasteiger partial charge is 0.308 e. The van der Waals surface area contributed by atoms with E-state index >= 15 is 0 Å². The molecule has 1 aliphatic heterocycles. The van der Waals surface area contributed by atoms with Crippen molar-refractivity contribution in [2.45, 2.75) is 32.2 Å². The number of carbonyl (C=O) groups excluding carboxylic acids is 1. The molecule has 0 aromatic carbocycles. The lowest BCUT2D eigenvalue weighted by molar-refractivity contribution is -0.147. The zero-order chi connectivity index (χ0) is 16.4. The van der Waals surface area contributed by atoms with Gasteiger partial charge in [0.2, 0.25) is 11.8 Å². The van der Waals surface area contributed by atoms with Crippen molar-refractivity contribution in [3.05, 3.63) is 29.5 Å². The Balaban J connectivity index is 1.67. The minimum absolute atomic E-state index is 0.0572. The molecule has 0 aliphatic carbocycles. The number of thiophene rings is 1. The van der Waals surface area contributed by atoms with Gasteiger partial charge in [0, 0.05) is 12.6 Å². The zero-order valence-electron chi connectivity index (χ0n) is 12.8. The molecule has 2 unspecified atom stereocenters. The number of likely N-dealkylation sites (tertiary alicyclic amines) is 1. The van der Waals surface area contributed by atoms with Crippen molar-refractivity contribution in [1.82, 2.24) is 9.88 Å². The van der Waals surface area contributed by atoms with Gasteiger partial charge in [0.1, 0.15) is 6.26 Å². The highest BCUT2D eigenvalue weighted by molar-refractivity contribution is 7.13. The Morgan fingerprint density at radius 2 is 2.30 bits per heavy atom. The predicted octanol–water partition coefficient (Wildman–Crippen LogP) is 2.66. The highest BCUT2D eigenvalue weighted by Crippen LogP contribution is 2.25. The van der Waals surface area contributed by atoms with Gasteiger partial charge in [-0.15, -0.1) is 11.3 Å². The molecule has 1 aliphatic rings. The molecule has 0 saturated carbocycles. The van der Waals surface area contributed by atoms with E-state index in [0.717, 1.165) is 4.88 Å². The van der Waals surface area contributed by atoms with Crippen molar-refractivity contribution >= 4 is 23.2 Å². The summed E-state index contributed by atoms with van der Waals surface area (Å²) in [6.45, 7) is 2.22. The van der Waals surface area contributed by atoms with Crippen molar-refractivity contribution < 1.29 is 19.1 Å². The first kappa shape index (κ1) is 15.7. The molecule has 0 radical (unpaired) electrons. The van der Waals surface area contributed by atoms with Crippen LogP contribution >= 0.6 is 11.3 Å². The van der Waals surface area contributed by atoms with E-state index in [0.29, 0.717) is 24.4 Å². The molecule has 3 rings (SSSR count). The Labute approximate surface area is 137 Å². The maximum absolute atomic E-state index is 12.5. The molecule has 2 aromatic rings. The van der Waals surface area contributed by atoms with Crippen LogP contribution in [-0.4, -0.2) is 39.5 Å². The third-order valence-electron chi connectivity index (χ3n) is 4.17. The van der Waals surface area contributed by atoms with E-state index in [1.54, 1.807) is 4.90 Å². The van der Waals surface area contributed by atoms with Crippen LogP contribution in [0.3, 0.4) is 0 Å². The lowest BCUT2D eigenvalue weighted by atomic mass is 9.93. The number of carboxylic acids is 1. The molecular formula is C16H18N2O4S. The summed E-state index contributed by atoms with van der Waals surface area (Å²) in [5, 5.41) is 11.1. The number of hydrogen-bond acceptors (Lipinski definition) is 5. The van der Waals surface area contributed by atoms with Crippen molar-refractivity contribution in [3.8, 4) is 10.8 Å². The molecule has 2 atom stereocenters. The maximum atomic E-state index is 12.5. The fraction of sp³-hybridized carbons (Fsp3) is 0.438. The third kappa shape index (κ3) is 3.44. The number of carbonyl (C=O) groups is 2. The quantitative estimate of drug-likeness (QED) is 0.929. The molecule has 23 heavy (non-hydrogen) atoms. The molecule has 7 heteroatoms. The summed E-state index contributed by atoms with van der Waals surface area (Å²) in [5.74, 6) is -0.905. The summed E-state index contributed by atoms with van der Waals surface area (Å²) in [4.78, 5) is 30.6. The van der Waals surface area contributed by atoms with E-state index in [9.17, 15) is 9.59 Å².